The van der Waals surface area contributed by atoms with Crippen LogP contribution in [0.5, 0.6) is 0 Å². The van der Waals surface area contributed by atoms with E-state index >= 15 is 0 Å². The highest BCUT2D eigenvalue weighted by atomic mass is 16.5. The maximum Gasteiger partial charge on any atom is 0.358 e. The summed E-state index contributed by atoms with van der Waals surface area (Å²) in [5, 5.41) is 3.32. The fourth-order valence-electron chi connectivity index (χ4n) is 1.96. The topological polar surface area (TPSA) is 67.3 Å². The number of nitrogens with zero attached hydrogens (tertiary/aromatic N) is 3. The quantitative estimate of drug-likeness (QED) is 0.786. The maximum absolute atomic E-state index is 11.4. The Kier molecular flexibility index (Phi) is 4.09. The number of nitrogens with one attached hydrogen (secondary N) is 1. The molecule has 0 saturated carbocycles. The van der Waals surface area contributed by atoms with Gasteiger partial charge in [0.2, 0.25) is 0 Å². The van der Waals surface area contributed by atoms with Gasteiger partial charge in [-0.1, -0.05) is 0 Å². The number of piperazine rings is 1. The predicted molar refractivity (Wildman–Crippen MR) is 67.7 cm³/mol. The third-order valence-electron chi connectivity index (χ3n) is 2.92. The van der Waals surface area contributed by atoms with Gasteiger partial charge in [0.15, 0.2) is 5.69 Å². The Balaban J connectivity index is 2.09. The van der Waals surface area contributed by atoms with Crippen LogP contribution in [-0.4, -0.2) is 48.2 Å². The monoisotopic (exact) mass is 250 g/mol. The molecule has 1 unspecified atom stereocenters. The zero-order valence-electron chi connectivity index (χ0n) is 10.7. The highest BCUT2D eigenvalue weighted by molar-refractivity contribution is 5.86. The Morgan fingerprint density at radius 3 is 3.00 bits per heavy atom. The number of hydrogen-bond acceptors (Lipinski definition) is 6. The Labute approximate surface area is 106 Å². The number of rotatable bonds is 3. The molecule has 1 aromatic heterocycles. The summed E-state index contributed by atoms with van der Waals surface area (Å²) in [5.74, 6) is 0.377. The van der Waals surface area contributed by atoms with Crippen molar-refractivity contribution in [2.24, 2.45) is 0 Å². The molecule has 2 rings (SSSR count). The normalized spacial score (nSPS) is 19.7. The van der Waals surface area contributed by atoms with Gasteiger partial charge in [0.25, 0.3) is 0 Å². The highest BCUT2D eigenvalue weighted by Gasteiger charge is 2.20. The maximum atomic E-state index is 11.4. The molecule has 6 heteroatoms. The lowest BCUT2D eigenvalue weighted by molar-refractivity contribution is 0.0519. The lowest BCUT2D eigenvalue weighted by Gasteiger charge is -2.34. The molecule has 0 aliphatic carbocycles. The third-order valence-corrected chi connectivity index (χ3v) is 2.92. The first kappa shape index (κ1) is 12.8. The second-order valence-corrected chi connectivity index (χ2v) is 4.23. The fraction of sp³-hybridized carbons (Fsp3) is 0.583. The van der Waals surface area contributed by atoms with Crippen LogP contribution >= 0.6 is 0 Å². The fourth-order valence-corrected chi connectivity index (χ4v) is 1.96. The van der Waals surface area contributed by atoms with Crippen LogP contribution in [0.1, 0.15) is 24.3 Å². The van der Waals surface area contributed by atoms with Crippen molar-refractivity contribution in [1.82, 2.24) is 15.3 Å². The number of esters is 1. The molecule has 1 N–H and O–H groups in total. The molecule has 2 heterocycles. The minimum atomic E-state index is -0.426. The number of anilines is 1. The van der Waals surface area contributed by atoms with Crippen molar-refractivity contribution in [3.05, 3.63) is 18.1 Å². The molecule has 0 bridgehead atoms. The largest absolute Gasteiger partial charge is 0.461 e. The van der Waals surface area contributed by atoms with Gasteiger partial charge in [-0.05, 0) is 13.8 Å². The molecule has 0 radical (unpaired) electrons. The molecule has 1 atom stereocenters. The smallest absolute Gasteiger partial charge is 0.358 e. The van der Waals surface area contributed by atoms with E-state index in [4.69, 9.17) is 4.74 Å². The molecule has 0 aromatic carbocycles. The number of aromatic nitrogens is 2. The first-order valence-electron chi connectivity index (χ1n) is 6.19. The Hall–Kier alpha value is -1.69. The van der Waals surface area contributed by atoms with Gasteiger partial charge < -0.3 is 15.0 Å². The number of carbonyl (C=O) groups is 1. The minimum Gasteiger partial charge on any atom is -0.461 e. The van der Waals surface area contributed by atoms with E-state index in [1.54, 1.807) is 13.1 Å². The van der Waals surface area contributed by atoms with E-state index in [1.807, 2.05) is 0 Å². The zero-order chi connectivity index (χ0) is 13.0. The molecule has 1 aliphatic heterocycles. The van der Waals surface area contributed by atoms with Crippen molar-refractivity contribution < 1.29 is 9.53 Å². The Bertz CT molecular complexity index is 407. The van der Waals surface area contributed by atoms with Gasteiger partial charge in [0.1, 0.15) is 5.82 Å². The number of hydrogen-bond donors (Lipinski definition) is 1. The van der Waals surface area contributed by atoms with E-state index in [9.17, 15) is 4.79 Å². The predicted octanol–water partition coefficient (Wildman–Crippen LogP) is 0.451. The molecule has 1 aliphatic rings. The van der Waals surface area contributed by atoms with E-state index in [0.29, 0.717) is 12.6 Å². The lowest BCUT2D eigenvalue weighted by Crippen LogP contribution is -2.50. The van der Waals surface area contributed by atoms with E-state index in [1.165, 1.54) is 6.20 Å². The molecular formula is C12H18N4O2. The van der Waals surface area contributed by atoms with Crippen LogP contribution in [-0.2, 0) is 4.74 Å². The summed E-state index contributed by atoms with van der Waals surface area (Å²) in [6.07, 6.45) is 3.11. The number of carbonyl (C=O) groups excluding carboxylic acids is 1. The molecule has 18 heavy (non-hydrogen) atoms. The SMILES string of the molecule is CCOC(=O)c1cnc(N2CCNCC2C)cn1. The number of ether oxygens (including phenoxy) is 1. The van der Waals surface area contributed by atoms with Gasteiger partial charge in [0.05, 0.1) is 19.0 Å². The van der Waals surface area contributed by atoms with Gasteiger partial charge in [-0.3, -0.25) is 0 Å². The van der Waals surface area contributed by atoms with E-state index in [2.05, 4.69) is 27.1 Å². The van der Waals surface area contributed by atoms with Gasteiger partial charge in [-0.2, -0.15) is 0 Å². The second kappa shape index (κ2) is 5.77. The second-order valence-electron chi connectivity index (χ2n) is 4.23. The van der Waals surface area contributed by atoms with Crippen molar-refractivity contribution in [2.75, 3.05) is 31.1 Å². The molecule has 1 aromatic rings. The van der Waals surface area contributed by atoms with Crippen molar-refractivity contribution in [2.45, 2.75) is 19.9 Å². The molecule has 0 spiro atoms. The summed E-state index contributed by atoms with van der Waals surface area (Å²) >= 11 is 0. The van der Waals surface area contributed by atoms with Gasteiger partial charge >= 0.3 is 5.97 Å². The first-order chi connectivity index (χ1) is 8.72. The van der Waals surface area contributed by atoms with Crippen molar-refractivity contribution >= 4 is 11.8 Å². The molecule has 1 fully saturated rings. The van der Waals surface area contributed by atoms with E-state index in [0.717, 1.165) is 25.5 Å². The first-order valence-corrected chi connectivity index (χ1v) is 6.19. The Morgan fingerprint density at radius 2 is 2.39 bits per heavy atom. The van der Waals surface area contributed by atoms with Crippen LogP contribution in [0.3, 0.4) is 0 Å². The van der Waals surface area contributed by atoms with Gasteiger partial charge in [0, 0.05) is 25.7 Å². The van der Waals surface area contributed by atoms with Gasteiger partial charge in [-0.25, -0.2) is 14.8 Å². The van der Waals surface area contributed by atoms with Crippen LogP contribution < -0.4 is 10.2 Å². The molecule has 1 saturated heterocycles. The summed E-state index contributed by atoms with van der Waals surface area (Å²) in [5.41, 5.74) is 0.253. The van der Waals surface area contributed by atoms with Crippen molar-refractivity contribution in [3.63, 3.8) is 0 Å². The lowest BCUT2D eigenvalue weighted by atomic mass is 10.2. The van der Waals surface area contributed by atoms with Crippen molar-refractivity contribution in [3.8, 4) is 0 Å². The van der Waals surface area contributed by atoms with E-state index < -0.39 is 5.97 Å². The summed E-state index contributed by atoms with van der Waals surface area (Å²) in [6.45, 7) is 7.01. The van der Waals surface area contributed by atoms with Crippen molar-refractivity contribution in [1.29, 1.82) is 0 Å². The van der Waals surface area contributed by atoms with Gasteiger partial charge in [-0.15, -0.1) is 0 Å². The van der Waals surface area contributed by atoms with Crippen LogP contribution in [0.2, 0.25) is 0 Å². The average Bonchev–Trinajstić information content (AvgIpc) is 2.40. The van der Waals surface area contributed by atoms with Crippen LogP contribution in [0, 0.1) is 0 Å². The zero-order valence-corrected chi connectivity index (χ0v) is 10.7. The van der Waals surface area contributed by atoms with Crippen LogP contribution in [0.15, 0.2) is 12.4 Å². The highest BCUT2D eigenvalue weighted by Crippen LogP contribution is 2.14. The summed E-state index contributed by atoms with van der Waals surface area (Å²) in [4.78, 5) is 22.0. The standard InChI is InChI=1S/C12H18N4O2/c1-3-18-12(17)10-7-15-11(8-14-10)16-5-4-13-6-9(16)2/h7-9,13H,3-6H2,1-2H3. The molecule has 98 valence electrons. The summed E-state index contributed by atoms with van der Waals surface area (Å²) in [7, 11) is 0. The minimum absolute atomic E-state index is 0.253. The summed E-state index contributed by atoms with van der Waals surface area (Å²) in [6, 6.07) is 0.376. The average molecular weight is 250 g/mol. The third kappa shape index (κ3) is 2.76. The van der Waals surface area contributed by atoms with E-state index in [-0.39, 0.29) is 5.69 Å². The van der Waals surface area contributed by atoms with Crippen LogP contribution in [0.25, 0.3) is 0 Å². The Morgan fingerprint density at radius 1 is 1.56 bits per heavy atom. The summed E-state index contributed by atoms with van der Waals surface area (Å²) < 4.78 is 4.87. The molecule has 6 nitrogen and oxygen atoms in total. The molecular weight excluding hydrogens is 232 g/mol. The molecule has 0 amide bonds. The van der Waals surface area contributed by atoms with Crippen LogP contribution in [0.4, 0.5) is 5.82 Å².